The van der Waals surface area contributed by atoms with Crippen molar-refractivity contribution in [2.45, 2.75) is 13.8 Å². The highest BCUT2D eigenvalue weighted by molar-refractivity contribution is 7.13. The van der Waals surface area contributed by atoms with Gasteiger partial charge in [-0.05, 0) is 19.9 Å². The van der Waals surface area contributed by atoms with E-state index in [4.69, 9.17) is 9.47 Å². The fourth-order valence-corrected chi connectivity index (χ4v) is 2.29. The summed E-state index contributed by atoms with van der Waals surface area (Å²) < 4.78 is 10.5. The molecule has 0 aliphatic carbocycles. The number of thiophene rings is 1. The highest BCUT2D eigenvalue weighted by Crippen LogP contribution is 2.41. The molecule has 1 heterocycles. The Kier molecular flexibility index (Phi) is 3.37. The molecular weight excluding hydrogens is 184 g/mol. The van der Waals surface area contributed by atoms with Gasteiger partial charge < -0.3 is 9.47 Å². The molecule has 0 unspecified atom stereocenters. The standard InChI is InChI=1S/C10H14O2S/c1-5-6-8-10(12-4)9(11-3)7(2)13-8/h5-6H,1-4H3/b6-5+. The van der Waals surface area contributed by atoms with Gasteiger partial charge in [0, 0.05) is 4.88 Å². The maximum Gasteiger partial charge on any atom is 0.179 e. The van der Waals surface area contributed by atoms with Gasteiger partial charge in [0.25, 0.3) is 0 Å². The molecular formula is C10H14O2S. The number of allylic oxidation sites excluding steroid dienone is 1. The van der Waals surface area contributed by atoms with Gasteiger partial charge in [-0.3, -0.25) is 0 Å². The summed E-state index contributed by atoms with van der Waals surface area (Å²) >= 11 is 1.68. The second kappa shape index (κ2) is 4.33. The first-order chi connectivity index (χ1) is 6.24. The van der Waals surface area contributed by atoms with E-state index in [2.05, 4.69) is 0 Å². The first kappa shape index (κ1) is 10.1. The zero-order chi connectivity index (χ0) is 9.84. The van der Waals surface area contributed by atoms with Gasteiger partial charge in [-0.15, -0.1) is 11.3 Å². The Morgan fingerprint density at radius 1 is 1.15 bits per heavy atom. The average molecular weight is 198 g/mol. The molecule has 0 saturated carbocycles. The zero-order valence-corrected chi connectivity index (χ0v) is 9.20. The lowest BCUT2D eigenvalue weighted by Gasteiger charge is -2.02. The van der Waals surface area contributed by atoms with Gasteiger partial charge in [-0.25, -0.2) is 0 Å². The van der Waals surface area contributed by atoms with Crippen molar-refractivity contribution in [2.24, 2.45) is 0 Å². The summed E-state index contributed by atoms with van der Waals surface area (Å²) in [6.07, 6.45) is 4.02. The van der Waals surface area contributed by atoms with E-state index < -0.39 is 0 Å². The molecule has 2 nitrogen and oxygen atoms in total. The average Bonchev–Trinajstić information content (AvgIpc) is 2.41. The highest BCUT2D eigenvalue weighted by atomic mass is 32.1. The van der Waals surface area contributed by atoms with E-state index in [0.29, 0.717) is 0 Å². The molecule has 72 valence electrons. The van der Waals surface area contributed by atoms with E-state index in [0.717, 1.165) is 21.3 Å². The molecule has 0 bridgehead atoms. The number of ether oxygens (including phenoxy) is 2. The Hall–Kier alpha value is -0.960. The van der Waals surface area contributed by atoms with Crippen LogP contribution in [-0.4, -0.2) is 14.2 Å². The minimum absolute atomic E-state index is 0.836. The topological polar surface area (TPSA) is 18.5 Å². The predicted molar refractivity (Wildman–Crippen MR) is 56.9 cm³/mol. The molecule has 3 heteroatoms. The Balaban J connectivity index is 3.21. The molecule has 0 spiro atoms. The van der Waals surface area contributed by atoms with Crippen molar-refractivity contribution in [3.05, 3.63) is 15.8 Å². The van der Waals surface area contributed by atoms with Crippen LogP contribution in [0.1, 0.15) is 16.7 Å². The van der Waals surface area contributed by atoms with Crippen molar-refractivity contribution in [1.82, 2.24) is 0 Å². The summed E-state index contributed by atoms with van der Waals surface area (Å²) in [6.45, 7) is 4.01. The number of aryl methyl sites for hydroxylation is 1. The van der Waals surface area contributed by atoms with Crippen LogP contribution in [0, 0.1) is 6.92 Å². The van der Waals surface area contributed by atoms with E-state index in [-0.39, 0.29) is 0 Å². The summed E-state index contributed by atoms with van der Waals surface area (Å²) in [7, 11) is 3.33. The molecule has 0 aromatic carbocycles. The third-order valence-electron chi connectivity index (χ3n) is 1.74. The summed E-state index contributed by atoms with van der Waals surface area (Å²) in [5, 5.41) is 0. The molecule has 0 atom stereocenters. The van der Waals surface area contributed by atoms with E-state index in [9.17, 15) is 0 Å². The minimum Gasteiger partial charge on any atom is -0.492 e. The van der Waals surface area contributed by atoms with Crippen LogP contribution in [0.25, 0.3) is 6.08 Å². The Bertz CT molecular complexity index is 313. The monoisotopic (exact) mass is 198 g/mol. The fourth-order valence-electron chi connectivity index (χ4n) is 1.22. The van der Waals surface area contributed by atoms with E-state index >= 15 is 0 Å². The van der Waals surface area contributed by atoms with Crippen molar-refractivity contribution in [1.29, 1.82) is 0 Å². The molecule has 13 heavy (non-hydrogen) atoms. The lowest BCUT2D eigenvalue weighted by Crippen LogP contribution is -1.88. The van der Waals surface area contributed by atoms with Crippen LogP contribution in [0.5, 0.6) is 11.5 Å². The molecule has 0 aliphatic heterocycles. The summed E-state index contributed by atoms with van der Waals surface area (Å²) in [5.41, 5.74) is 0. The fraction of sp³-hybridized carbons (Fsp3) is 0.400. The normalized spacial score (nSPS) is 10.8. The zero-order valence-electron chi connectivity index (χ0n) is 8.38. The van der Waals surface area contributed by atoms with Gasteiger partial charge >= 0.3 is 0 Å². The second-order valence-electron chi connectivity index (χ2n) is 2.59. The molecule has 0 saturated heterocycles. The van der Waals surface area contributed by atoms with E-state index in [1.165, 1.54) is 0 Å². The summed E-state index contributed by atoms with van der Waals surface area (Å²) in [4.78, 5) is 2.26. The number of rotatable bonds is 3. The van der Waals surface area contributed by atoms with Gasteiger partial charge in [0.2, 0.25) is 0 Å². The molecule has 1 rings (SSSR count). The summed E-state index contributed by atoms with van der Waals surface area (Å²) in [5.74, 6) is 1.68. The molecule has 0 radical (unpaired) electrons. The Morgan fingerprint density at radius 3 is 2.23 bits per heavy atom. The van der Waals surface area contributed by atoms with Crippen LogP contribution in [0.3, 0.4) is 0 Å². The largest absolute Gasteiger partial charge is 0.492 e. The SMILES string of the molecule is C/C=C/c1sc(C)c(OC)c1OC. The third kappa shape index (κ3) is 1.86. The minimum atomic E-state index is 0.836. The van der Waals surface area contributed by atoms with Crippen molar-refractivity contribution in [3.8, 4) is 11.5 Å². The highest BCUT2D eigenvalue weighted by Gasteiger charge is 2.14. The van der Waals surface area contributed by atoms with Crippen molar-refractivity contribution >= 4 is 17.4 Å². The smallest absolute Gasteiger partial charge is 0.179 e. The second-order valence-corrected chi connectivity index (χ2v) is 3.85. The Morgan fingerprint density at radius 2 is 1.77 bits per heavy atom. The summed E-state index contributed by atoms with van der Waals surface area (Å²) in [6, 6.07) is 0. The number of hydrogen-bond acceptors (Lipinski definition) is 3. The third-order valence-corrected chi connectivity index (χ3v) is 2.77. The molecule has 0 fully saturated rings. The lowest BCUT2D eigenvalue weighted by atomic mass is 10.3. The van der Waals surface area contributed by atoms with Gasteiger partial charge in [0.15, 0.2) is 11.5 Å². The lowest BCUT2D eigenvalue weighted by molar-refractivity contribution is 0.356. The molecule has 1 aromatic heterocycles. The van der Waals surface area contributed by atoms with Crippen LogP contribution in [0.2, 0.25) is 0 Å². The predicted octanol–water partition coefficient (Wildman–Crippen LogP) is 3.11. The molecule has 0 N–H and O–H groups in total. The van der Waals surface area contributed by atoms with Gasteiger partial charge in [0.1, 0.15) is 0 Å². The van der Waals surface area contributed by atoms with Crippen LogP contribution in [0.15, 0.2) is 6.08 Å². The van der Waals surface area contributed by atoms with E-state index in [1.807, 2.05) is 26.0 Å². The molecule has 0 aliphatic rings. The van der Waals surface area contributed by atoms with Gasteiger partial charge in [0.05, 0.1) is 19.1 Å². The number of hydrogen-bond donors (Lipinski definition) is 0. The van der Waals surface area contributed by atoms with Crippen molar-refractivity contribution in [2.75, 3.05) is 14.2 Å². The number of methoxy groups -OCH3 is 2. The van der Waals surface area contributed by atoms with Gasteiger partial charge in [-0.2, -0.15) is 0 Å². The first-order valence-electron chi connectivity index (χ1n) is 4.08. The van der Waals surface area contributed by atoms with Gasteiger partial charge in [-0.1, -0.05) is 6.08 Å². The first-order valence-corrected chi connectivity index (χ1v) is 4.90. The maximum atomic E-state index is 5.27. The van der Waals surface area contributed by atoms with Crippen LogP contribution in [0.4, 0.5) is 0 Å². The van der Waals surface area contributed by atoms with Crippen molar-refractivity contribution in [3.63, 3.8) is 0 Å². The molecule has 1 aromatic rings. The van der Waals surface area contributed by atoms with Crippen LogP contribution < -0.4 is 9.47 Å². The Labute approximate surface area is 82.8 Å². The maximum absolute atomic E-state index is 5.27. The van der Waals surface area contributed by atoms with Crippen LogP contribution >= 0.6 is 11.3 Å². The van der Waals surface area contributed by atoms with E-state index in [1.54, 1.807) is 25.6 Å². The molecule has 0 amide bonds. The van der Waals surface area contributed by atoms with Crippen LogP contribution in [-0.2, 0) is 0 Å². The van der Waals surface area contributed by atoms with Crippen molar-refractivity contribution < 1.29 is 9.47 Å². The quantitative estimate of drug-likeness (QED) is 0.743.